The Bertz CT molecular complexity index is 962. The van der Waals surface area contributed by atoms with Crippen molar-refractivity contribution in [3.05, 3.63) is 81.9 Å². The van der Waals surface area contributed by atoms with Gasteiger partial charge in [-0.3, -0.25) is 4.79 Å². The summed E-state index contributed by atoms with van der Waals surface area (Å²) in [7, 11) is 0. The molecule has 25 heavy (non-hydrogen) atoms. The average molecular weight is 355 g/mol. The number of benzene rings is 2. The van der Waals surface area contributed by atoms with Gasteiger partial charge >= 0.3 is 0 Å². The van der Waals surface area contributed by atoms with Crippen LogP contribution < -0.4 is 0 Å². The van der Waals surface area contributed by atoms with Crippen molar-refractivity contribution in [2.24, 2.45) is 0 Å². The number of Topliss-reactive ketones (excluding diaryl/α,β-unsaturated/α-hetero) is 1. The van der Waals surface area contributed by atoms with E-state index in [1.165, 1.54) is 12.1 Å². The van der Waals surface area contributed by atoms with E-state index in [2.05, 4.69) is 5.10 Å². The molecule has 0 saturated heterocycles. The summed E-state index contributed by atoms with van der Waals surface area (Å²) in [6.07, 6.45) is 1.14. The number of halogens is 2. The molecule has 1 aliphatic carbocycles. The van der Waals surface area contributed by atoms with Crippen LogP contribution in [-0.2, 0) is 6.42 Å². The summed E-state index contributed by atoms with van der Waals surface area (Å²) < 4.78 is 15.0. The Kier molecular flexibility index (Phi) is 3.92. The number of rotatable bonds is 2. The molecule has 0 bridgehead atoms. The third-order valence-electron chi connectivity index (χ3n) is 4.70. The SMILES string of the molecule is Cc1nn(-c2ccc(F)cc2)c2c1C(=O)CC(c1cccc(Cl)c1)C2. The number of aromatic nitrogens is 2. The van der Waals surface area contributed by atoms with Crippen molar-refractivity contribution in [1.29, 1.82) is 0 Å². The number of hydrogen-bond donors (Lipinski definition) is 0. The third kappa shape index (κ3) is 2.87. The number of fused-ring (bicyclic) bond motifs is 1. The van der Waals surface area contributed by atoms with Gasteiger partial charge in [-0.15, -0.1) is 0 Å². The molecule has 0 radical (unpaired) electrons. The van der Waals surface area contributed by atoms with Gasteiger partial charge < -0.3 is 0 Å². The van der Waals surface area contributed by atoms with Gasteiger partial charge in [-0.1, -0.05) is 23.7 Å². The van der Waals surface area contributed by atoms with Gasteiger partial charge in [0.2, 0.25) is 0 Å². The molecule has 0 spiro atoms. The van der Waals surface area contributed by atoms with Crippen LogP contribution in [0, 0.1) is 12.7 Å². The second-order valence-electron chi connectivity index (χ2n) is 6.38. The molecule has 5 heteroatoms. The van der Waals surface area contributed by atoms with Crippen LogP contribution in [-0.4, -0.2) is 15.6 Å². The first-order valence-corrected chi connectivity index (χ1v) is 8.54. The molecular weight excluding hydrogens is 339 g/mol. The lowest BCUT2D eigenvalue weighted by atomic mass is 9.81. The van der Waals surface area contributed by atoms with Gasteiger partial charge in [0.25, 0.3) is 0 Å². The molecule has 0 N–H and O–H groups in total. The minimum atomic E-state index is -0.297. The van der Waals surface area contributed by atoms with E-state index < -0.39 is 0 Å². The molecule has 0 aliphatic heterocycles. The highest BCUT2D eigenvalue weighted by atomic mass is 35.5. The largest absolute Gasteiger partial charge is 0.294 e. The van der Waals surface area contributed by atoms with Crippen molar-refractivity contribution in [1.82, 2.24) is 9.78 Å². The molecular formula is C20H16ClFN2O. The van der Waals surface area contributed by atoms with Crippen LogP contribution in [0.1, 0.15) is 39.6 Å². The van der Waals surface area contributed by atoms with Gasteiger partial charge in [0.05, 0.1) is 22.6 Å². The van der Waals surface area contributed by atoms with Gasteiger partial charge in [-0.25, -0.2) is 9.07 Å². The summed E-state index contributed by atoms with van der Waals surface area (Å²) >= 11 is 6.11. The molecule has 4 rings (SSSR count). The molecule has 0 fully saturated rings. The standard InChI is InChI=1S/C20H16ClFN2O/c1-12-20-18(24(23-12)17-7-5-16(22)6-8-17)10-14(11-19(20)25)13-3-2-4-15(21)9-13/h2-9,14H,10-11H2,1H3. The summed E-state index contributed by atoms with van der Waals surface area (Å²) in [6.45, 7) is 1.84. The fourth-order valence-corrected chi connectivity index (χ4v) is 3.75. The maximum absolute atomic E-state index is 13.2. The second kappa shape index (κ2) is 6.12. The molecule has 1 aliphatic rings. The summed E-state index contributed by atoms with van der Waals surface area (Å²) in [4.78, 5) is 12.7. The highest BCUT2D eigenvalue weighted by Crippen LogP contribution is 2.35. The van der Waals surface area contributed by atoms with Crippen molar-refractivity contribution >= 4 is 17.4 Å². The van der Waals surface area contributed by atoms with Gasteiger partial charge in [0, 0.05) is 11.4 Å². The van der Waals surface area contributed by atoms with Gasteiger partial charge in [-0.05, 0) is 61.2 Å². The number of carbonyl (C=O) groups is 1. The number of nitrogens with zero attached hydrogens (tertiary/aromatic N) is 2. The highest BCUT2D eigenvalue weighted by Gasteiger charge is 2.32. The van der Waals surface area contributed by atoms with Gasteiger partial charge in [-0.2, -0.15) is 5.10 Å². The number of carbonyl (C=O) groups excluding carboxylic acids is 1. The van der Waals surface area contributed by atoms with Crippen molar-refractivity contribution < 1.29 is 9.18 Å². The summed E-state index contributed by atoms with van der Waals surface area (Å²) in [5, 5.41) is 5.20. The van der Waals surface area contributed by atoms with Crippen LogP contribution in [0.25, 0.3) is 5.69 Å². The smallest absolute Gasteiger partial charge is 0.167 e. The molecule has 1 atom stereocenters. The van der Waals surface area contributed by atoms with Gasteiger partial charge in [0.15, 0.2) is 5.78 Å². The Balaban J connectivity index is 1.79. The quantitative estimate of drug-likeness (QED) is 0.657. The van der Waals surface area contributed by atoms with Crippen molar-refractivity contribution in [2.75, 3.05) is 0 Å². The molecule has 1 heterocycles. The Morgan fingerprint density at radius 3 is 2.64 bits per heavy atom. The second-order valence-corrected chi connectivity index (χ2v) is 6.82. The van der Waals surface area contributed by atoms with E-state index in [1.54, 1.807) is 16.8 Å². The zero-order valence-electron chi connectivity index (χ0n) is 13.7. The third-order valence-corrected chi connectivity index (χ3v) is 4.93. The molecule has 126 valence electrons. The van der Waals surface area contributed by atoms with Crippen molar-refractivity contribution in [3.8, 4) is 5.69 Å². The normalized spacial score (nSPS) is 16.8. The monoisotopic (exact) mass is 354 g/mol. The van der Waals surface area contributed by atoms with Gasteiger partial charge in [0.1, 0.15) is 5.82 Å². The molecule has 1 aromatic heterocycles. The minimum Gasteiger partial charge on any atom is -0.294 e. The topological polar surface area (TPSA) is 34.9 Å². The highest BCUT2D eigenvalue weighted by molar-refractivity contribution is 6.30. The first-order chi connectivity index (χ1) is 12.0. The lowest BCUT2D eigenvalue weighted by Crippen LogP contribution is -2.20. The predicted molar refractivity (Wildman–Crippen MR) is 95.1 cm³/mol. The number of ketones is 1. The molecule has 3 aromatic rings. The zero-order valence-corrected chi connectivity index (χ0v) is 14.4. The van der Waals surface area contributed by atoms with Crippen LogP contribution in [0.2, 0.25) is 5.02 Å². The Morgan fingerprint density at radius 1 is 1.16 bits per heavy atom. The molecule has 0 saturated carbocycles. The molecule has 1 unspecified atom stereocenters. The molecule has 0 amide bonds. The van der Waals surface area contributed by atoms with E-state index in [0.29, 0.717) is 29.1 Å². The minimum absolute atomic E-state index is 0.0639. The van der Waals surface area contributed by atoms with E-state index in [9.17, 15) is 9.18 Å². The Hall–Kier alpha value is -2.46. The van der Waals surface area contributed by atoms with Crippen molar-refractivity contribution in [3.63, 3.8) is 0 Å². The fraction of sp³-hybridized carbons (Fsp3) is 0.200. The number of hydrogen-bond acceptors (Lipinski definition) is 2. The van der Waals surface area contributed by atoms with E-state index >= 15 is 0 Å². The maximum atomic E-state index is 13.2. The van der Waals surface area contributed by atoms with E-state index in [1.807, 2.05) is 31.2 Å². The molecule has 3 nitrogen and oxygen atoms in total. The van der Waals surface area contributed by atoms with Crippen LogP contribution in [0.15, 0.2) is 48.5 Å². The predicted octanol–water partition coefficient (Wildman–Crippen LogP) is 4.89. The summed E-state index contributed by atoms with van der Waals surface area (Å²) in [5.41, 5.74) is 4.10. The molecule has 2 aromatic carbocycles. The number of aryl methyl sites for hydroxylation is 1. The van der Waals surface area contributed by atoms with Crippen LogP contribution in [0.5, 0.6) is 0 Å². The van der Waals surface area contributed by atoms with Crippen LogP contribution >= 0.6 is 11.6 Å². The van der Waals surface area contributed by atoms with Crippen LogP contribution in [0.4, 0.5) is 4.39 Å². The van der Waals surface area contributed by atoms with E-state index in [4.69, 9.17) is 11.6 Å². The first-order valence-electron chi connectivity index (χ1n) is 8.16. The summed E-state index contributed by atoms with van der Waals surface area (Å²) in [6, 6.07) is 13.8. The maximum Gasteiger partial charge on any atom is 0.167 e. The summed E-state index contributed by atoms with van der Waals surface area (Å²) in [5.74, 6) is -0.138. The average Bonchev–Trinajstić information content (AvgIpc) is 2.93. The van der Waals surface area contributed by atoms with Crippen LogP contribution in [0.3, 0.4) is 0 Å². The van der Waals surface area contributed by atoms with E-state index in [-0.39, 0.29) is 17.5 Å². The lowest BCUT2D eigenvalue weighted by molar-refractivity contribution is 0.0963. The zero-order chi connectivity index (χ0) is 17.6. The fourth-order valence-electron chi connectivity index (χ4n) is 3.55. The lowest BCUT2D eigenvalue weighted by Gasteiger charge is -2.23. The Labute approximate surface area is 150 Å². The van der Waals surface area contributed by atoms with E-state index in [0.717, 1.165) is 16.9 Å². The Morgan fingerprint density at radius 2 is 1.92 bits per heavy atom. The first kappa shape index (κ1) is 16.0. The van der Waals surface area contributed by atoms with Crippen molar-refractivity contribution in [2.45, 2.75) is 25.7 Å².